The van der Waals surface area contributed by atoms with Gasteiger partial charge in [0.2, 0.25) is 0 Å². The lowest BCUT2D eigenvalue weighted by Gasteiger charge is -2.30. The highest BCUT2D eigenvalue weighted by atomic mass is 16.2. The summed E-state index contributed by atoms with van der Waals surface area (Å²) in [4.78, 5) is 0. The predicted octanol–water partition coefficient (Wildman–Crippen LogP) is 2.83. The van der Waals surface area contributed by atoms with Gasteiger partial charge in [0.05, 0.1) is 0 Å². The Kier molecular flexibility index (Phi) is 4.74. The molecule has 0 saturated carbocycles. The van der Waals surface area contributed by atoms with Gasteiger partial charge in [0.25, 0.3) is 0 Å². The smallest absolute Gasteiger partial charge is 0.0431 e. The Morgan fingerprint density at radius 1 is 1.36 bits per heavy atom. The minimum Gasteiger partial charge on any atom is -0.396 e. The fourth-order valence-electron chi connectivity index (χ4n) is 1.33. The van der Waals surface area contributed by atoms with E-state index in [0.29, 0.717) is 12.0 Å². The molecule has 0 spiro atoms. The lowest BCUT2D eigenvalue weighted by atomic mass is 9.75. The van der Waals surface area contributed by atoms with Gasteiger partial charge < -0.3 is 5.11 Å². The van der Waals surface area contributed by atoms with Crippen molar-refractivity contribution in [2.24, 2.45) is 11.3 Å². The normalized spacial score (nSPS) is 15.0. The molecule has 0 saturated heterocycles. The summed E-state index contributed by atoms with van der Waals surface area (Å²) in [5.41, 5.74) is 0.400. The van der Waals surface area contributed by atoms with Crippen molar-refractivity contribution in [3.05, 3.63) is 0 Å². The van der Waals surface area contributed by atoms with Gasteiger partial charge in [0.1, 0.15) is 0 Å². The molecule has 1 atom stereocenters. The molecule has 0 aliphatic rings. The van der Waals surface area contributed by atoms with Crippen LogP contribution in [0.15, 0.2) is 0 Å². The first-order valence-electron chi connectivity index (χ1n) is 4.65. The largest absolute Gasteiger partial charge is 0.396 e. The fraction of sp³-hybridized carbons (Fsp3) is 1.00. The lowest BCUT2D eigenvalue weighted by molar-refractivity contribution is 0.177. The first kappa shape index (κ1) is 11.0. The second-order valence-corrected chi connectivity index (χ2v) is 4.13. The summed E-state index contributed by atoms with van der Waals surface area (Å²) in [6, 6.07) is 0. The quantitative estimate of drug-likeness (QED) is 0.652. The Morgan fingerprint density at radius 3 is 2.27 bits per heavy atom. The van der Waals surface area contributed by atoms with E-state index in [-0.39, 0.29) is 0 Å². The minimum absolute atomic E-state index is 0.333. The van der Waals surface area contributed by atoms with E-state index in [1.54, 1.807) is 0 Å². The third kappa shape index (κ3) is 3.76. The van der Waals surface area contributed by atoms with Crippen LogP contribution in [-0.2, 0) is 0 Å². The second-order valence-electron chi connectivity index (χ2n) is 4.13. The van der Waals surface area contributed by atoms with E-state index in [4.69, 9.17) is 5.11 Å². The van der Waals surface area contributed by atoms with Crippen molar-refractivity contribution in [3.8, 4) is 0 Å². The molecule has 1 unspecified atom stereocenters. The van der Waals surface area contributed by atoms with E-state index in [1.165, 1.54) is 6.42 Å². The van der Waals surface area contributed by atoms with Crippen LogP contribution in [0.2, 0.25) is 0 Å². The standard InChI is InChI=1S/C10H22O/c1-5-9(2)10(3,4)7-6-8-11/h9,11H,5-8H2,1-4H3. The summed E-state index contributed by atoms with van der Waals surface area (Å²) in [6.45, 7) is 9.43. The average molecular weight is 158 g/mol. The van der Waals surface area contributed by atoms with Crippen molar-refractivity contribution in [2.75, 3.05) is 6.61 Å². The summed E-state index contributed by atoms with van der Waals surface area (Å²) in [5, 5.41) is 8.68. The maximum atomic E-state index is 8.68. The fourth-order valence-corrected chi connectivity index (χ4v) is 1.33. The monoisotopic (exact) mass is 158 g/mol. The van der Waals surface area contributed by atoms with Gasteiger partial charge in [-0.15, -0.1) is 0 Å². The van der Waals surface area contributed by atoms with Crippen LogP contribution in [0.1, 0.15) is 47.0 Å². The lowest BCUT2D eigenvalue weighted by Crippen LogP contribution is -2.21. The molecule has 0 bridgehead atoms. The topological polar surface area (TPSA) is 20.2 Å². The molecule has 0 fully saturated rings. The molecule has 0 rings (SSSR count). The highest BCUT2D eigenvalue weighted by molar-refractivity contribution is 4.73. The molecule has 1 N–H and O–H groups in total. The Bertz CT molecular complexity index is 97.0. The van der Waals surface area contributed by atoms with Crippen LogP contribution in [-0.4, -0.2) is 11.7 Å². The maximum absolute atomic E-state index is 8.68. The third-order valence-electron chi connectivity index (χ3n) is 2.93. The van der Waals surface area contributed by atoms with E-state index < -0.39 is 0 Å². The molecule has 0 radical (unpaired) electrons. The van der Waals surface area contributed by atoms with Crippen LogP contribution in [0.25, 0.3) is 0 Å². The Balaban J connectivity index is 3.77. The van der Waals surface area contributed by atoms with E-state index in [9.17, 15) is 0 Å². The van der Waals surface area contributed by atoms with Gasteiger partial charge in [-0.1, -0.05) is 34.1 Å². The average Bonchev–Trinajstić information content (AvgIpc) is 1.99. The Labute approximate surface area is 70.8 Å². The van der Waals surface area contributed by atoms with Crippen LogP contribution in [0.3, 0.4) is 0 Å². The second kappa shape index (κ2) is 4.76. The highest BCUT2D eigenvalue weighted by Gasteiger charge is 2.23. The number of aliphatic hydroxyl groups is 1. The van der Waals surface area contributed by atoms with Gasteiger partial charge >= 0.3 is 0 Å². The van der Waals surface area contributed by atoms with E-state index in [2.05, 4.69) is 27.7 Å². The summed E-state index contributed by atoms with van der Waals surface area (Å²) < 4.78 is 0. The van der Waals surface area contributed by atoms with Gasteiger partial charge in [0, 0.05) is 6.61 Å². The molecule has 0 aromatic rings. The van der Waals surface area contributed by atoms with Crippen LogP contribution in [0.5, 0.6) is 0 Å². The van der Waals surface area contributed by atoms with Crippen molar-refractivity contribution in [3.63, 3.8) is 0 Å². The van der Waals surface area contributed by atoms with E-state index in [0.717, 1.165) is 18.8 Å². The summed E-state index contributed by atoms with van der Waals surface area (Å²) in [6.07, 6.45) is 3.31. The maximum Gasteiger partial charge on any atom is 0.0431 e. The molecule has 1 nitrogen and oxygen atoms in total. The molecule has 11 heavy (non-hydrogen) atoms. The van der Waals surface area contributed by atoms with Gasteiger partial charge in [-0.2, -0.15) is 0 Å². The molecule has 0 aromatic carbocycles. The molecule has 0 amide bonds. The van der Waals surface area contributed by atoms with E-state index >= 15 is 0 Å². The summed E-state index contributed by atoms with van der Waals surface area (Å²) in [7, 11) is 0. The molecule has 0 heterocycles. The number of aliphatic hydroxyl groups excluding tert-OH is 1. The molecule has 0 aliphatic carbocycles. The SMILES string of the molecule is CCC(C)C(C)(C)CCCO. The number of hydrogen-bond donors (Lipinski definition) is 1. The summed E-state index contributed by atoms with van der Waals surface area (Å²) >= 11 is 0. The van der Waals surface area contributed by atoms with Gasteiger partial charge in [-0.05, 0) is 24.2 Å². The molecule has 0 aromatic heterocycles. The van der Waals surface area contributed by atoms with Gasteiger partial charge in [-0.3, -0.25) is 0 Å². The minimum atomic E-state index is 0.333. The molecule has 0 aliphatic heterocycles. The Hall–Kier alpha value is -0.0400. The molecular weight excluding hydrogens is 136 g/mol. The van der Waals surface area contributed by atoms with Gasteiger partial charge in [0.15, 0.2) is 0 Å². The number of hydrogen-bond acceptors (Lipinski definition) is 1. The van der Waals surface area contributed by atoms with Crippen LogP contribution < -0.4 is 0 Å². The Morgan fingerprint density at radius 2 is 1.91 bits per heavy atom. The summed E-state index contributed by atoms with van der Waals surface area (Å²) in [5.74, 6) is 0.758. The first-order chi connectivity index (χ1) is 5.04. The van der Waals surface area contributed by atoms with Gasteiger partial charge in [-0.25, -0.2) is 0 Å². The zero-order chi connectivity index (χ0) is 8.91. The zero-order valence-corrected chi connectivity index (χ0v) is 8.35. The molecule has 1 heteroatoms. The van der Waals surface area contributed by atoms with Crippen molar-refractivity contribution in [1.29, 1.82) is 0 Å². The molecular formula is C10H22O. The predicted molar refractivity (Wildman–Crippen MR) is 49.6 cm³/mol. The van der Waals surface area contributed by atoms with Crippen LogP contribution in [0, 0.1) is 11.3 Å². The zero-order valence-electron chi connectivity index (χ0n) is 8.35. The highest BCUT2D eigenvalue weighted by Crippen LogP contribution is 2.33. The van der Waals surface area contributed by atoms with Crippen LogP contribution >= 0.6 is 0 Å². The van der Waals surface area contributed by atoms with Crippen molar-refractivity contribution >= 4 is 0 Å². The third-order valence-corrected chi connectivity index (χ3v) is 2.93. The van der Waals surface area contributed by atoms with E-state index in [1.807, 2.05) is 0 Å². The van der Waals surface area contributed by atoms with Crippen molar-refractivity contribution in [1.82, 2.24) is 0 Å². The first-order valence-corrected chi connectivity index (χ1v) is 4.65. The number of rotatable bonds is 5. The van der Waals surface area contributed by atoms with Crippen molar-refractivity contribution < 1.29 is 5.11 Å². The van der Waals surface area contributed by atoms with Crippen LogP contribution in [0.4, 0.5) is 0 Å². The molecule has 68 valence electrons. The van der Waals surface area contributed by atoms with Crippen molar-refractivity contribution in [2.45, 2.75) is 47.0 Å².